The minimum Gasteiger partial charge on any atom is -0.479 e. The number of nitrogens with one attached hydrogen (secondary N) is 1. The van der Waals surface area contributed by atoms with Gasteiger partial charge >= 0.3 is 5.97 Å². The largest absolute Gasteiger partial charge is 0.479 e. The van der Waals surface area contributed by atoms with E-state index in [0.29, 0.717) is 19.3 Å². The molecule has 6 N–H and O–H groups in total. The first-order valence-electron chi connectivity index (χ1n) is 14.7. The summed E-state index contributed by atoms with van der Waals surface area (Å²) in [7, 11) is 0. The van der Waals surface area contributed by atoms with Crippen LogP contribution in [0.15, 0.2) is 0 Å². The lowest BCUT2D eigenvalue weighted by atomic mass is 9.91. The van der Waals surface area contributed by atoms with Crippen LogP contribution in [0.25, 0.3) is 0 Å². The third-order valence-corrected chi connectivity index (χ3v) is 8.01. The molecule has 0 radical (unpaired) electrons. The van der Waals surface area contributed by atoms with E-state index < -0.39 is 79.3 Å². The summed E-state index contributed by atoms with van der Waals surface area (Å²) < 4.78 is 23.3. The molecule has 0 spiro atoms. The number of carboxylic acids is 1. The number of aliphatic hydroxyl groups excluding tert-OH is 4. The van der Waals surface area contributed by atoms with Gasteiger partial charge in [-0.2, -0.15) is 0 Å². The number of hydrogen-bond donors (Lipinski definition) is 6. The van der Waals surface area contributed by atoms with E-state index in [0.717, 1.165) is 32.1 Å². The molecule has 2 fully saturated rings. The molecule has 2 saturated heterocycles. The van der Waals surface area contributed by atoms with E-state index >= 15 is 0 Å². The molecule has 7 unspecified atom stereocenters. The second-order valence-electron chi connectivity index (χ2n) is 11.3. The van der Waals surface area contributed by atoms with Crippen molar-refractivity contribution in [3.05, 3.63) is 0 Å². The zero-order valence-electron chi connectivity index (χ0n) is 24.5. The van der Waals surface area contributed by atoms with E-state index in [1.54, 1.807) is 6.92 Å². The Balaban J connectivity index is 2.22. The normalized spacial score (nSPS) is 36.1. The lowest BCUT2D eigenvalue weighted by Crippen LogP contribution is -2.68. The Morgan fingerprint density at radius 3 is 2.17 bits per heavy atom. The lowest BCUT2D eigenvalue weighted by Gasteiger charge is -2.48. The quantitative estimate of drug-likeness (QED) is 0.145. The number of carbonyl (C=O) groups excluding carboxylic acids is 1. The lowest BCUT2D eigenvalue weighted by molar-refractivity contribution is -0.337. The average Bonchev–Trinajstić information content (AvgIpc) is 2.91. The Kier molecular flexibility index (Phi) is 14.2. The molecular weight excluding hydrogens is 526 g/mol. The second kappa shape index (κ2) is 16.3. The van der Waals surface area contributed by atoms with Gasteiger partial charge in [0, 0.05) is 6.42 Å². The molecule has 11 atom stereocenters. The summed E-state index contributed by atoms with van der Waals surface area (Å²) in [5.41, 5.74) is -0.753. The summed E-state index contributed by atoms with van der Waals surface area (Å²) in [4.78, 5) is 24.9. The van der Waals surface area contributed by atoms with Crippen LogP contribution in [0.2, 0.25) is 0 Å². The van der Waals surface area contributed by atoms with Crippen molar-refractivity contribution in [1.29, 1.82) is 0 Å². The topological polar surface area (TPSA) is 184 Å². The van der Waals surface area contributed by atoms with Crippen LogP contribution in [0.5, 0.6) is 0 Å². The first-order chi connectivity index (χ1) is 18.9. The van der Waals surface area contributed by atoms with Crippen molar-refractivity contribution in [1.82, 2.24) is 5.32 Å². The van der Waals surface area contributed by atoms with Crippen LogP contribution in [0.1, 0.15) is 92.4 Å². The fraction of sp³-hybridized carbons (Fsp3) is 0.929. The summed E-state index contributed by atoms with van der Waals surface area (Å²) in [5.74, 6) is -1.70. The van der Waals surface area contributed by atoms with Crippen LogP contribution in [-0.4, -0.2) is 111 Å². The summed E-state index contributed by atoms with van der Waals surface area (Å²) in [6, 6.07) is -0.904. The predicted molar refractivity (Wildman–Crippen MR) is 144 cm³/mol. The Morgan fingerprint density at radius 1 is 0.925 bits per heavy atom. The molecule has 234 valence electrons. The number of aliphatic hydroxyl groups is 4. The van der Waals surface area contributed by atoms with Crippen molar-refractivity contribution in [3.63, 3.8) is 0 Å². The molecule has 12 heteroatoms. The standard InChI is InChI=1S/C28H51NO11/c1-6-9-10-11-12-13-18(31)29-19-16(4)37-17(15-30)20(32)23(19)38-27-22(34)21(33)24(25(39-27)26(35)36)40-28(5,8-3)14-7-2/h16-17,19-25,27,30,32-34H,6-15H2,1-5H3,(H,29,31)(H,35,36)/t16?,17?,19?,20-,21?,22?,23?,24+,25?,27-,28-/m1/s1. The van der Waals surface area contributed by atoms with E-state index in [1.165, 1.54) is 0 Å². The molecule has 2 rings (SSSR count). The van der Waals surface area contributed by atoms with Crippen LogP contribution < -0.4 is 5.32 Å². The minimum atomic E-state index is -1.73. The van der Waals surface area contributed by atoms with Gasteiger partial charge in [-0.1, -0.05) is 52.9 Å². The molecule has 1 amide bonds. The van der Waals surface area contributed by atoms with E-state index in [-0.39, 0.29) is 12.3 Å². The fourth-order valence-electron chi connectivity index (χ4n) is 5.41. The van der Waals surface area contributed by atoms with Gasteiger partial charge in [0.25, 0.3) is 0 Å². The number of unbranched alkanes of at least 4 members (excludes halogenated alkanes) is 4. The van der Waals surface area contributed by atoms with Crippen LogP contribution in [0.3, 0.4) is 0 Å². The molecule has 0 saturated carbocycles. The molecular formula is C28H51NO11. The summed E-state index contributed by atoms with van der Waals surface area (Å²) in [6.07, 6.45) is -5.63. The average molecular weight is 578 g/mol. The van der Waals surface area contributed by atoms with Crippen LogP contribution in [-0.2, 0) is 28.5 Å². The van der Waals surface area contributed by atoms with Crippen molar-refractivity contribution in [2.75, 3.05) is 6.61 Å². The molecule has 2 heterocycles. The van der Waals surface area contributed by atoms with E-state index in [2.05, 4.69) is 12.2 Å². The van der Waals surface area contributed by atoms with Crippen molar-refractivity contribution < 1.29 is 54.1 Å². The van der Waals surface area contributed by atoms with Gasteiger partial charge in [-0.25, -0.2) is 4.79 Å². The van der Waals surface area contributed by atoms with Gasteiger partial charge in [0.1, 0.15) is 36.6 Å². The van der Waals surface area contributed by atoms with Gasteiger partial charge in [0.05, 0.1) is 24.4 Å². The first kappa shape index (κ1) is 34.8. The van der Waals surface area contributed by atoms with Crippen LogP contribution in [0, 0.1) is 0 Å². The highest BCUT2D eigenvalue weighted by molar-refractivity contribution is 5.76. The number of hydrogen-bond acceptors (Lipinski definition) is 10. The molecule has 2 aliphatic heterocycles. The molecule has 0 bridgehead atoms. The SMILES string of the molecule is CCCCCCCC(=O)NC1C(C)OC(CO)[C@@H](O)C1O[C@@H]1OC(C(=O)O)[C@@H](O[C@](C)(CC)CCC)C(O)C1O. The molecule has 40 heavy (non-hydrogen) atoms. The highest BCUT2D eigenvalue weighted by atomic mass is 16.7. The zero-order valence-corrected chi connectivity index (χ0v) is 24.5. The third-order valence-electron chi connectivity index (χ3n) is 8.01. The molecule has 12 nitrogen and oxygen atoms in total. The van der Waals surface area contributed by atoms with Crippen molar-refractivity contribution in [2.45, 2.75) is 159 Å². The van der Waals surface area contributed by atoms with Gasteiger partial charge in [-0.05, 0) is 33.1 Å². The maximum absolute atomic E-state index is 12.7. The number of aliphatic carboxylic acids is 1. The van der Waals surface area contributed by atoms with Crippen LogP contribution in [0.4, 0.5) is 0 Å². The highest BCUT2D eigenvalue weighted by Gasteiger charge is 2.53. The van der Waals surface area contributed by atoms with Crippen molar-refractivity contribution in [3.8, 4) is 0 Å². The third kappa shape index (κ3) is 9.06. The Morgan fingerprint density at radius 2 is 1.60 bits per heavy atom. The molecule has 0 aromatic carbocycles. The van der Waals surface area contributed by atoms with Crippen molar-refractivity contribution >= 4 is 11.9 Å². The number of carbonyl (C=O) groups is 2. The van der Waals surface area contributed by atoms with Crippen LogP contribution >= 0.6 is 0 Å². The highest BCUT2D eigenvalue weighted by Crippen LogP contribution is 2.34. The molecule has 0 aliphatic carbocycles. The second-order valence-corrected chi connectivity index (χ2v) is 11.3. The summed E-state index contributed by atoms with van der Waals surface area (Å²) in [6.45, 7) is 8.86. The van der Waals surface area contributed by atoms with Gasteiger partial charge in [-0.3, -0.25) is 4.79 Å². The summed E-state index contributed by atoms with van der Waals surface area (Å²) in [5, 5.41) is 55.3. The van der Waals surface area contributed by atoms with Gasteiger partial charge < -0.3 is 49.8 Å². The number of ether oxygens (including phenoxy) is 4. The van der Waals surface area contributed by atoms with Gasteiger partial charge in [0.15, 0.2) is 12.4 Å². The molecule has 0 aromatic heterocycles. The monoisotopic (exact) mass is 577 g/mol. The molecule has 2 aliphatic rings. The number of carboxylic acid groups (broad SMARTS) is 1. The minimum absolute atomic E-state index is 0.258. The zero-order chi connectivity index (χ0) is 30.0. The van der Waals surface area contributed by atoms with E-state index in [1.807, 2.05) is 20.8 Å². The maximum atomic E-state index is 12.7. The Hall–Kier alpha value is -1.38. The van der Waals surface area contributed by atoms with Gasteiger partial charge in [0.2, 0.25) is 5.91 Å². The molecule has 0 aromatic rings. The predicted octanol–water partition coefficient (Wildman–Crippen LogP) is 1.24. The first-order valence-corrected chi connectivity index (χ1v) is 14.7. The number of rotatable bonds is 16. The maximum Gasteiger partial charge on any atom is 0.335 e. The number of amides is 1. The van der Waals surface area contributed by atoms with Crippen molar-refractivity contribution in [2.24, 2.45) is 0 Å². The van der Waals surface area contributed by atoms with E-state index in [4.69, 9.17) is 18.9 Å². The summed E-state index contributed by atoms with van der Waals surface area (Å²) >= 11 is 0. The smallest absolute Gasteiger partial charge is 0.335 e. The fourth-order valence-corrected chi connectivity index (χ4v) is 5.41. The Bertz CT molecular complexity index is 785. The Labute approximate surface area is 237 Å². The van der Waals surface area contributed by atoms with E-state index in [9.17, 15) is 35.1 Å². The van der Waals surface area contributed by atoms with Gasteiger partial charge in [-0.15, -0.1) is 0 Å².